The molecule has 0 radical (unpaired) electrons. The Labute approximate surface area is 202 Å². The molecule has 1 amide bonds. The SMILES string of the molecule is CCOC(=O)c1c(OCc2ccccc2)c(=O)ccn1NC1[C@@H]2C[C@H]3CC[C@]2(CCN1C(=O)O)O3. The van der Waals surface area contributed by atoms with E-state index in [-0.39, 0.29) is 42.3 Å². The number of carbonyl (C=O) groups excluding carboxylic acids is 1. The van der Waals surface area contributed by atoms with Gasteiger partial charge in [-0.25, -0.2) is 9.59 Å². The molecular formula is C25H29N3O7. The number of fused-ring (bicyclic) bond motifs is 1. The number of pyridine rings is 1. The van der Waals surface area contributed by atoms with Crippen LogP contribution in [-0.2, 0) is 16.1 Å². The predicted molar refractivity (Wildman–Crippen MR) is 125 cm³/mol. The van der Waals surface area contributed by atoms with Crippen molar-refractivity contribution >= 4 is 12.1 Å². The summed E-state index contributed by atoms with van der Waals surface area (Å²) in [5.41, 5.74) is 3.08. The maximum Gasteiger partial charge on any atom is 0.408 e. The average Bonchev–Trinajstić information content (AvgIpc) is 3.43. The summed E-state index contributed by atoms with van der Waals surface area (Å²) >= 11 is 0. The molecule has 4 heterocycles. The van der Waals surface area contributed by atoms with Crippen LogP contribution < -0.4 is 15.6 Å². The lowest BCUT2D eigenvalue weighted by atomic mass is 9.72. The Hall–Kier alpha value is -3.53. The molecule has 2 N–H and O–H groups in total. The number of carboxylic acid groups (broad SMARTS) is 1. The zero-order valence-electron chi connectivity index (χ0n) is 19.5. The molecule has 2 aromatic rings. The van der Waals surface area contributed by atoms with Crippen molar-refractivity contribution in [2.24, 2.45) is 5.92 Å². The molecule has 0 saturated carbocycles. The van der Waals surface area contributed by atoms with Gasteiger partial charge < -0.3 is 24.7 Å². The first kappa shape index (κ1) is 23.2. The zero-order valence-corrected chi connectivity index (χ0v) is 19.5. The summed E-state index contributed by atoms with van der Waals surface area (Å²) in [5.74, 6) is -0.981. The van der Waals surface area contributed by atoms with Gasteiger partial charge >= 0.3 is 12.1 Å². The minimum Gasteiger partial charge on any atom is -0.482 e. The first-order valence-corrected chi connectivity index (χ1v) is 12.0. The molecule has 5 rings (SSSR count). The zero-order chi connectivity index (χ0) is 24.6. The van der Waals surface area contributed by atoms with E-state index in [1.165, 1.54) is 21.8 Å². The van der Waals surface area contributed by atoms with E-state index in [4.69, 9.17) is 14.2 Å². The number of hydrogen-bond donors (Lipinski definition) is 2. The average molecular weight is 484 g/mol. The molecule has 1 aromatic carbocycles. The summed E-state index contributed by atoms with van der Waals surface area (Å²) in [7, 11) is 0. The van der Waals surface area contributed by atoms with Gasteiger partial charge in [-0.2, -0.15) is 0 Å². The molecule has 4 atom stereocenters. The van der Waals surface area contributed by atoms with Crippen molar-refractivity contribution in [2.75, 3.05) is 18.6 Å². The normalized spacial score (nSPS) is 26.8. The van der Waals surface area contributed by atoms with E-state index in [1.807, 2.05) is 30.3 Å². The van der Waals surface area contributed by atoms with E-state index in [0.29, 0.717) is 13.0 Å². The van der Waals surface area contributed by atoms with Crippen molar-refractivity contribution in [3.63, 3.8) is 0 Å². The highest BCUT2D eigenvalue weighted by Gasteiger charge is 2.60. The van der Waals surface area contributed by atoms with Crippen LogP contribution in [0.25, 0.3) is 0 Å². The molecule has 2 bridgehead atoms. The second kappa shape index (κ2) is 9.26. The summed E-state index contributed by atoms with van der Waals surface area (Å²) in [4.78, 5) is 39.2. The second-order valence-electron chi connectivity index (χ2n) is 9.21. The molecule has 10 nitrogen and oxygen atoms in total. The lowest BCUT2D eigenvalue weighted by molar-refractivity contribution is -0.0644. The maximum absolute atomic E-state index is 13.0. The third-order valence-electron chi connectivity index (χ3n) is 7.24. The number of likely N-dealkylation sites (tertiary alicyclic amines) is 1. The van der Waals surface area contributed by atoms with Crippen molar-refractivity contribution in [3.8, 4) is 5.75 Å². The van der Waals surface area contributed by atoms with Gasteiger partial charge in [0.1, 0.15) is 12.8 Å². The number of hydrogen-bond acceptors (Lipinski definition) is 7. The van der Waals surface area contributed by atoms with Crippen LogP contribution in [0.1, 0.15) is 48.7 Å². The third kappa shape index (κ3) is 4.22. The first-order chi connectivity index (χ1) is 16.9. The molecule has 3 aliphatic rings. The van der Waals surface area contributed by atoms with Crippen LogP contribution >= 0.6 is 0 Å². The monoisotopic (exact) mass is 483 g/mol. The highest BCUT2D eigenvalue weighted by molar-refractivity contribution is 5.90. The number of amides is 1. The Morgan fingerprint density at radius 3 is 2.74 bits per heavy atom. The number of nitrogens with zero attached hydrogens (tertiary/aromatic N) is 2. The van der Waals surface area contributed by atoms with Crippen LogP contribution in [0.4, 0.5) is 4.79 Å². The number of rotatable bonds is 7. The van der Waals surface area contributed by atoms with Crippen LogP contribution in [0.5, 0.6) is 5.75 Å². The van der Waals surface area contributed by atoms with E-state index >= 15 is 0 Å². The van der Waals surface area contributed by atoms with Gasteiger partial charge in [0, 0.05) is 24.7 Å². The molecule has 1 aromatic heterocycles. The number of esters is 1. The number of benzene rings is 1. The fraction of sp³-hybridized carbons (Fsp3) is 0.480. The van der Waals surface area contributed by atoms with E-state index in [9.17, 15) is 19.5 Å². The summed E-state index contributed by atoms with van der Waals surface area (Å²) < 4.78 is 18.7. The number of piperidine rings is 1. The molecule has 3 aliphatic heterocycles. The van der Waals surface area contributed by atoms with Crippen LogP contribution in [0.2, 0.25) is 0 Å². The fourth-order valence-electron chi connectivity index (χ4n) is 5.65. The molecule has 186 valence electrons. The fourth-order valence-corrected chi connectivity index (χ4v) is 5.65. The van der Waals surface area contributed by atoms with E-state index in [1.54, 1.807) is 6.92 Å². The summed E-state index contributed by atoms with van der Waals surface area (Å²) in [6.07, 6.45) is 3.05. The minimum atomic E-state index is -1.06. The Kier molecular flexibility index (Phi) is 6.14. The van der Waals surface area contributed by atoms with Gasteiger partial charge in [0.25, 0.3) is 0 Å². The van der Waals surface area contributed by atoms with Gasteiger partial charge in [-0.1, -0.05) is 30.3 Å². The van der Waals surface area contributed by atoms with Gasteiger partial charge in [-0.3, -0.25) is 14.4 Å². The number of ether oxygens (including phenoxy) is 3. The van der Waals surface area contributed by atoms with Crippen molar-refractivity contribution in [1.82, 2.24) is 9.58 Å². The Morgan fingerprint density at radius 2 is 2.03 bits per heavy atom. The number of carbonyl (C=O) groups is 2. The van der Waals surface area contributed by atoms with Gasteiger partial charge in [0.15, 0.2) is 11.4 Å². The van der Waals surface area contributed by atoms with Crippen molar-refractivity contribution in [1.29, 1.82) is 0 Å². The summed E-state index contributed by atoms with van der Waals surface area (Å²) in [6, 6.07) is 10.6. The van der Waals surface area contributed by atoms with E-state index in [0.717, 1.165) is 24.8 Å². The molecule has 35 heavy (non-hydrogen) atoms. The van der Waals surface area contributed by atoms with Crippen molar-refractivity contribution in [3.05, 3.63) is 64.1 Å². The quantitative estimate of drug-likeness (QED) is 0.577. The molecule has 10 heteroatoms. The molecule has 3 saturated heterocycles. The minimum absolute atomic E-state index is 0.0818. The lowest BCUT2D eigenvalue weighted by Gasteiger charge is -2.48. The molecule has 3 fully saturated rings. The van der Waals surface area contributed by atoms with Gasteiger partial charge in [0.2, 0.25) is 5.43 Å². The standard InChI is InChI=1S/C25H29N3O7/c1-2-33-23(30)20-21(34-15-16-6-4-3-5-7-16)19(29)9-12-28(20)26-22-18-14-17-8-10-25(18,35-17)11-13-27(22)24(31)32/h3-7,9,12,17-18,22,26H,2,8,10-11,13-15H2,1H3,(H,31,32)/t17-,18+,22?,25-/m1/s1. The first-order valence-electron chi connectivity index (χ1n) is 12.0. The summed E-state index contributed by atoms with van der Waals surface area (Å²) in [6.45, 7) is 2.16. The molecule has 1 spiro atoms. The smallest absolute Gasteiger partial charge is 0.408 e. The maximum atomic E-state index is 13.0. The highest BCUT2D eigenvalue weighted by Crippen LogP contribution is 2.53. The Morgan fingerprint density at radius 1 is 1.23 bits per heavy atom. The second-order valence-corrected chi connectivity index (χ2v) is 9.21. The van der Waals surface area contributed by atoms with Crippen molar-refractivity contribution in [2.45, 2.75) is 57.1 Å². The molecule has 0 aliphatic carbocycles. The highest BCUT2D eigenvalue weighted by atomic mass is 16.5. The predicted octanol–water partition coefficient (Wildman–Crippen LogP) is 2.80. The number of nitrogens with one attached hydrogen (secondary N) is 1. The van der Waals surface area contributed by atoms with E-state index < -0.39 is 23.7 Å². The van der Waals surface area contributed by atoms with Crippen molar-refractivity contribution < 1.29 is 28.9 Å². The molecular weight excluding hydrogens is 454 g/mol. The Bertz CT molecular complexity index is 1170. The molecule has 1 unspecified atom stereocenters. The summed E-state index contributed by atoms with van der Waals surface area (Å²) in [5, 5.41) is 9.92. The van der Waals surface area contributed by atoms with Crippen LogP contribution in [-0.4, -0.2) is 57.8 Å². The third-order valence-corrected chi connectivity index (χ3v) is 7.24. The van der Waals surface area contributed by atoms with E-state index in [2.05, 4.69) is 5.43 Å². The van der Waals surface area contributed by atoms with Crippen LogP contribution in [0.3, 0.4) is 0 Å². The van der Waals surface area contributed by atoms with Crippen LogP contribution in [0, 0.1) is 5.92 Å². The topological polar surface area (TPSA) is 119 Å². The largest absolute Gasteiger partial charge is 0.482 e. The van der Waals surface area contributed by atoms with Crippen LogP contribution in [0.15, 0.2) is 47.4 Å². The van der Waals surface area contributed by atoms with Gasteiger partial charge in [-0.15, -0.1) is 0 Å². The lowest BCUT2D eigenvalue weighted by Crippen LogP contribution is -2.62. The Balaban J connectivity index is 1.51. The van der Waals surface area contributed by atoms with Gasteiger partial charge in [0.05, 0.1) is 18.3 Å². The van der Waals surface area contributed by atoms with Gasteiger partial charge in [-0.05, 0) is 38.2 Å². The number of aromatic nitrogens is 1.